The number of rotatable bonds is 5. The van der Waals surface area contributed by atoms with Crippen molar-refractivity contribution < 1.29 is 21.8 Å². The number of hydrogen-bond donors (Lipinski definition) is 1. The van der Waals surface area contributed by atoms with Crippen molar-refractivity contribution in [3.63, 3.8) is 0 Å². The average Bonchev–Trinajstić information content (AvgIpc) is 2.72. The zero-order valence-corrected chi connectivity index (χ0v) is 15.3. The third kappa shape index (κ3) is 5.02. The maximum absolute atomic E-state index is 16.0. The molecule has 0 atom stereocenters. The Labute approximate surface area is 171 Å². The van der Waals surface area contributed by atoms with Gasteiger partial charge >= 0.3 is 0 Å². The van der Waals surface area contributed by atoms with Crippen molar-refractivity contribution in [3.8, 4) is 0 Å². The van der Waals surface area contributed by atoms with E-state index in [2.05, 4.69) is 10.3 Å². The van der Waals surface area contributed by atoms with Gasteiger partial charge in [0.1, 0.15) is 11.5 Å². The maximum atomic E-state index is 16.0. The zero-order valence-electron chi connectivity index (χ0n) is 20.5. The summed E-state index contributed by atoms with van der Waals surface area (Å²) in [5, 5.41) is 1.93. The Bertz CT molecular complexity index is 1040. The molecule has 0 saturated carbocycles. The number of alkyl halides is 1. The maximum Gasteiger partial charge on any atom is 0.253 e. The molecule has 3 rings (SSSR count). The average molecular weight is 400 g/mol. The van der Waals surface area contributed by atoms with Crippen LogP contribution in [0, 0.1) is 12.7 Å². The highest BCUT2D eigenvalue weighted by Crippen LogP contribution is 2.27. The van der Waals surface area contributed by atoms with E-state index in [9.17, 15) is 9.18 Å². The van der Waals surface area contributed by atoms with E-state index in [4.69, 9.17) is 19.8 Å². The van der Waals surface area contributed by atoms with E-state index >= 15 is 4.39 Å². The first-order valence-corrected chi connectivity index (χ1v) is 8.59. The van der Waals surface area contributed by atoms with E-state index < -0.39 is 56.3 Å². The molecule has 1 aliphatic heterocycles. The second-order valence-corrected chi connectivity index (χ2v) is 6.55. The van der Waals surface area contributed by atoms with Crippen molar-refractivity contribution in [2.24, 2.45) is 0 Å². The van der Waals surface area contributed by atoms with Gasteiger partial charge in [-0.1, -0.05) is 17.7 Å². The smallest absolute Gasteiger partial charge is 0.253 e. The molecule has 4 nitrogen and oxygen atoms in total. The van der Waals surface area contributed by atoms with Crippen LogP contribution in [0.4, 0.5) is 8.78 Å². The van der Waals surface area contributed by atoms with Crippen LogP contribution in [0.25, 0.3) is 0 Å². The van der Waals surface area contributed by atoms with Gasteiger partial charge in [0.15, 0.2) is 0 Å². The van der Waals surface area contributed by atoms with Crippen LogP contribution in [0.2, 0.25) is 5.02 Å². The Morgan fingerprint density at radius 2 is 2.15 bits per heavy atom. The molecule has 27 heavy (non-hydrogen) atoms. The number of carbonyl (C=O) groups excluding carboxylic acids is 1. The van der Waals surface area contributed by atoms with Crippen LogP contribution in [-0.2, 0) is 6.50 Å². The van der Waals surface area contributed by atoms with Crippen molar-refractivity contribution in [2.45, 2.75) is 31.8 Å². The van der Waals surface area contributed by atoms with Crippen LogP contribution in [-0.4, -0.2) is 41.1 Å². The van der Waals surface area contributed by atoms with Gasteiger partial charge in [0.05, 0.1) is 10.7 Å². The lowest BCUT2D eigenvalue weighted by Crippen LogP contribution is -2.48. The lowest BCUT2D eigenvalue weighted by atomic mass is 9.92. The molecule has 1 aromatic carbocycles. The van der Waals surface area contributed by atoms with E-state index in [-0.39, 0.29) is 16.3 Å². The quantitative estimate of drug-likeness (QED) is 0.828. The van der Waals surface area contributed by atoms with Crippen LogP contribution in [0.15, 0.2) is 36.5 Å². The topological polar surface area (TPSA) is 45.2 Å². The number of likely N-dealkylation sites (tertiary alicyclic amines) is 1. The second-order valence-electron chi connectivity index (χ2n) is 6.14. The van der Waals surface area contributed by atoms with Crippen molar-refractivity contribution in [1.29, 1.82) is 0 Å². The van der Waals surface area contributed by atoms with Crippen LogP contribution < -0.4 is 5.32 Å². The standard InChI is InChI=1S/C20H22ClF2N3O/c1-14-2-4-16(25-11-14)12-24-13-20(23)6-8-26(9-7-20)19(27)15-3-5-18(22)17(21)10-15/h2-5,10-11,24H,6-9,12-13H2,1H3/i6D2,7D2,12D2. The van der Waals surface area contributed by atoms with Crippen molar-refractivity contribution in [2.75, 3.05) is 19.6 Å². The fourth-order valence-electron chi connectivity index (χ4n) is 2.44. The monoisotopic (exact) mass is 399 g/mol. The number of aryl methyl sites for hydroxylation is 1. The summed E-state index contributed by atoms with van der Waals surface area (Å²) in [6, 6.07) is 6.11. The first-order chi connectivity index (χ1) is 15.1. The summed E-state index contributed by atoms with van der Waals surface area (Å²) in [7, 11) is 0. The highest BCUT2D eigenvalue weighted by molar-refractivity contribution is 6.31. The Morgan fingerprint density at radius 1 is 1.41 bits per heavy atom. The van der Waals surface area contributed by atoms with E-state index in [1.54, 1.807) is 13.0 Å². The molecule has 1 aromatic heterocycles. The molecule has 0 unspecified atom stereocenters. The summed E-state index contributed by atoms with van der Waals surface area (Å²) in [5.41, 5.74) is -2.57. The summed E-state index contributed by atoms with van der Waals surface area (Å²) >= 11 is 5.69. The molecule has 1 aliphatic rings. The predicted octanol–water partition coefficient (Wildman–Crippen LogP) is 3.92. The lowest BCUT2D eigenvalue weighted by Gasteiger charge is -2.36. The number of hydrogen-bond acceptors (Lipinski definition) is 3. The first kappa shape index (κ1) is 13.2. The molecule has 1 saturated heterocycles. The number of halogens is 3. The molecule has 0 radical (unpaired) electrons. The van der Waals surface area contributed by atoms with Crippen LogP contribution in [0.1, 0.15) is 42.6 Å². The number of pyridine rings is 1. The summed E-state index contributed by atoms with van der Waals surface area (Å²) in [6.07, 6.45) is -4.36. The minimum atomic E-state index is -3.19. The van der Waals surface area contributed by atoms with E-state index in [0.29, 0.717) is 0 Å². The Kier molecular flexibility index (Phi) is 4.06. The van der Waals surface area contributed by atoms with Gasteiger partial charge in [0, 0.05) is 58.9 Å². The SMILES string of the molecule is [2H]C([2H])(NCC1(F)C([2H])([2H])CN(C(=O)c2ccc(F)c(Cl)c2)CC1([2H])[2H])c1ccc(C)cn1. The third-order valence-corrected chi connectivity index (χ3v) is 4.30. The number of benzene rings is 1. The first-order valence-electron chi connectivity index (χ1n) is 11.2. The second kappa shape index (κ2) is 8.31. The van der Waals surface area contributed by atoms with Gasteiger partial charge in [-0.25, -0.2) is 8.78 Å². The van der Waals surface area contributed by atoms with Crippen molar-refractivity contribution >= 4 is 17.5 Å². The Morgan fingerprint density at radius 3 is 2.78 bits per heavy atom. The molecule has 0 aliphatic carbocycles. The summed E-state index contributed by atoms with van der Waals surface area (Å²) in [6.45, 7) is -3.22. The van der Waals surface area contributed by atoms with Gasteiger partial charge in [-0.3, -0.25) is 9.78 Å². The number of aromatic nitrogens is 1. The third-order valence-electron chi connectivity index (χ3n) is 4.01. The molecule has 0 bridgehead atoms. The van der Waals surface area contributed by atoms with Gasteiger partial charge in [-0.15, -0.1) is 0 Å². The van der Waals surface area contributed by atoms with Crippen molar-refractivity contribution in [3.05, 3.63) is 64.2 Å². The summed E-state index contributed by atoms with van der Waals surface area (Å²) < 4.78 is 78.6. The van der Waals surface area contributed by atoms with Crippen LogP contribution >= 0.6 is 11.6 Å². The summed E-state index contributed by atoms with van der Waals surface area (Å²) in [5.74, 6) is -1.59. The zero-order chi connectivity index (χ0) is 24.8. The number of piperidine rings is 1. The largest absolute Gasteiger partial charge is 0.338 e. The molecule has 2 heterocycles. The van der Waals surface area contributed by atoms with Gasteiger partial charge < -0.3 is 10.2 Å². The van der Waals surface area contributed by atoms with Gasteiger partial charge in [-0.05, 0) is 36.8 Å². The number of nitrogens with one attached hydrogen (secondary N) is 1. The van der Waals surface area contributed by atoms with E-state index in [1.807, 2.05) is 0 Å². The Hall–Kier alpha value is -2.05. The molecule has 144 valence electrons. The molecule has 7 heteroatoms. The summed E-state index contributed by atoms with van der Waals surface area (Å²) in [4.78, 5) is 17.5. The molecule has 1 amide bonds. The van der Waals surface area contributed by atoms with E-state index in [0.717, 1.165) is 28.7 Å². The molecule has 0 spiro atoms. The van der Waals surface area contributed by atoms with Gasteiger partial charge in [-0.2, -0.15) is 0 Å². The molecule has 2 aromatic rings. The fourth-order valence-corrected chi connectivity index (χ4v) is 2.62. The highest BCUT2D eigenvalue weighted by Gasteiger charge is 2.35. The van der Waals surface area contributed by atoms with Crippen LogP contribution in [0.3, 0.4) is 0 Å². The molecule has 1 fully saturated rings. The molecule has 1 N–H and O–H groups in total. The number of nitrogens with zero attached hydrogens (tertiary/aromatic N) is 2. The Balaban J connectivity index is 1.83. The molecular formula is C20H22ClF2N3O. The van der Waals surface area contributed by atoms with Crippen molar-refractivity contribution in [1.82, 2.24) is 15.2 Å². The van der Waals surface area contributed by atoms with Gasteiger partial charge in [0.25, 0.3) is 5.91 Å². The van der Waals surface area contributed by atoms with Crippen LogP contribution in [0.5, 0.6) is 0 Å². The molecular weight excluding hydrogens is 372 g/mol. The predicted molar refractivity (Wildman–Crippen MR) is 101 cm³/mol. The lowest BCUT2D eigenvalue weighted by molar-refractivity contribution is 0.0434. The fraction of sp³-hybridized carbons (Fsp3) is 0.400. The van der Waals surface area contributed by atoms with Gasteiger partial charge in [0.2, 0.25) is 0 Å². The highest BCUT2D eigenvalue weighted by atomic mass is 35.5. The number of carbonyl (C=O) groups is 1. The minimum Gasteiger partial charge on any atom is -0.338 e. The minimum absolute atomic E-state index is 0.0707. The van der Waals surface area contributed by atoms with E-state index in [1.165, 1.54) is 12.3 Å². The number of amides is 1. The normalized spacial score (nSPS) is 23.9.